The Morgan fingerprint density at radius 3 is 2.21 bits per heavy atom. The van der Waals surface area contributed by atoms with E-state index in [-0.39, 0.29) is 9.92 Å². The zero-order chi connectivity index (χ0) is 20.6. The van der Waals surface area contributed by atoms with Crippen LogP contribution in [-0.4, -0.2) is 23.4 Å². The number of hydrogen-bond acceptors (Lipinski definition) is 5. The minimum atomic E-state index is -3.98. The minimum Gasteiger partial charge on any atom is -0.399 e. The molecule has 0 aliphatic heterocycles. The van der Waals surface area contributed by atoms with Crippen molar-refractivity contribution in [3.05, 3.63) is 82.8 Å². The number of nitrogen functional groups attached to an aromatic ring is 1. The number of anilines is 1. The Morgan fingerprint density at radius 2 is 1.55 bits per heavy atom. The molecule has 6 nitrogen and oxygen atoms in total. The smallest absolute Gasteiger partial charge is 0.228 e. The van der Waals surface area contributed by atoms with E-state index in [1.807, 2.05) is 0 Å². The number of aromatic nitrogens is 3. The monoisotopic (exact) mass is 444 g/mol. The highest BCUT2D eigenvalue weighted by Crippen LogP contribution is 2.33. The van der Waals surface area contributed by atoms with Crippen LogP contribution in [0.2, 0.25) is 10.0 Å². The maximum absolute atomic E-state index is 13.3. The molecule has 1 heterocycles. The Balaban J connectivity index is 1.97. The van der Waals surface area contributed by atoms with Gasteiger partial charge in [0.15, 0.2) is 0 Å². The lowest BCUT2D eigenvalue weighted by Crippen LogP contribution is -2.06. The third-order valence-corrected chi connectivity index (χ3v) is 6.40. The molecular formula is C20H14Cl2N4O2S. The van der Waals surface area contributed by atoms with Crippen LogP contribution in [0.5, 0.6) is 0 Å². The van der Waals surface area contributed by atoms with Gasteiger partial charge in [-0.3, -0.25) is 0 Å². The summed E-state index contributed by atoms with van der Waals surface area (Å²) >= 11 is 12.0. The predicted octanol–water partition coefficient (Wildman–Crippen LogP) is 4.66. The Kier molecular flexibility index (Phi) is 5.04. The van der Waals surface area contributed by atoms with Crippen LogP contribution in [-0.2, 0) is 9.84 Å². The summed E-state index contributed by atoms with van der Waals surface area (Å²) in [6.07, 6.45) is 0. The standard InChI is InChI=1S/C20H14Cl2N4O2S/c21-14-6-4-13(5-7-14)19-20(29(27,28)18-3-1-2-15(22)12-18)24-25-26(19)17-10-8-16(23)9-11-17/h1-12H,23H2. The fourth-order valence-electron chi connectivity index (χ4n) is 2.84. The average molecular weight is 445 g/mol. The highest BCUT2D eigenvalue weighted by Gasteiger charge is 2.29. The maximum atomic E-state index is 13.3. The van der Waals surface area contributed by atoms with Crippen molar-refractivity contribution in [1.82, 2.24) is 15.0 Å². The summed E-state index contributed by atoms with van der Waals surface area (Å²) in [5, 5.41) is 8.77. The van der Waals surface area contributed by atoms with Crippen LogP contribution in [0.4, 0.5) is 5.69 Å². The molecule has 0 saturated heterocycles. The molecule has 0 bridgehead atoms. The van der Waals surface area contributed by atoms with E-state index >= 15 is 0 Å². The van der Waals surface area contributed by atoms with Gasteiger partial charge >= 0.3 is 0 Å². The zero-order valence-corrected chi connectivity index (χ0v) is 17.2. The van der Waals surface area contributed by atoms with Crippen molar-refractivity contribution >= 4 is 38.7 Å². The molecule has 0 saturated carbocycles. The van der Waals surface area contributed by atoms with E-state index in [4.69, 9.17) is 28.9 Å². The van der Waals surface area contributed by atoms with Crippen molar-refractivity contribution in [2.45, 2.75) is 9.92 Å². The number of nitrogens with two attached hydrogens (primary N) is 1. The van der Waals surface area contributed by atoms with Crippen LogP contribution in [0.15, 0.2) is 82.7 Å². The Hall–Kier alpha value is -2.87. The average Bonchev–Trinajstić information content (AvgIpc) is 3.15. The van der Waals surface area contributed by atoms with E-state index < -0.39 is 9.84 Å². The summed E-state index contributed by atoms with van der Waals surface area (Å²) in [6.45, 7) is 0. The molecule has 2 N–H and O–H groups in total. The highest BCUT2D eigenvalue weighted by molar-refractivity contribution is 7.91. The van der Waals surface area contributed by atoms with Gasteiger partial charge in [0, 0.05) is 21.3 Å². The summed E-state index contributed by atoms with van der Waals surface area (Å²) in [7, 11) is -3.98. The van der Waals surface area contributed by atoms with Gasteiger partial charge < -0.3 is 5.73 Å². The fourth-order valence-corrected chi connectivity index (χ4v) is 4.59. The van der Waals surface area contributed by atoms with E-state index in [2.05, 4.69) is 10.3 Å². The maximum Gasteiger partial charge on any atom is 0.228 e. The van der Waals surface area contributed by atoms with E-state index in [0.717, 1.165) is 0 Å². The van der Waals surface area contributed by atoms with Gasteiger partial charge in [0.1, 0.15) is 5.69 Å². The van der Waals surface area contributed by atoms with Crippen molar-refractivity contribution < 1.29 is 8.42 Å². The van der Waals surface area contributed by atoms with Crippen molar-refractivity contribution in [3.63, 3.8) is 0 Å². The molecule has 0 radical (unpaired) electrons. The van der Waals surface area contributed by atoms with Gasteiger partial charge in [0.25, 0.3) is 0 Å². The Labute approximate surface area is 177 Å². The lowest BCUT2D eigenvalue weighted by atomic mass is 10.1. The normalized spacial score (nSPS) is 11.5. The lowest BCUT2D eigenvalue weighted by molar-refractivity contribution is 0.592. The van der Waals surface area contributed by atoms with Crippen molar-refractivity contribution in [2.24, 2.45) is 0 Å². The first-order valence-corrected chi connectivity index (χ1v) is 10.7. The molecule has 3 aromatic carbocycles. The fraction of sp³-hybridized carbons (Fsp3) is 0. The number of rotatable bonds is 4. The number of benzene rings is 3. The summed E-state index contributed by atoms with van der Waals surface area (Å²) in [4.78, 5) is 0.0320. The Morgan fingerprint density at radius 1 is 0.862 bits per heavy atom. The van der Waals surface area contributed by atoms with Gasteiger partial charge in [-0.25, -0.2) is 13.1 Å². The molecule has 0 fully saturated rings. The summed E-state index contributed by atoms with van der Waals surface area (Å²) < 4.78 is 28.1. The molecule has 0 unspecified atom stereocenters. The van der Waals surface area contributed by atoms with Gasteiger partial charge in [0.05, 0.1) is 10.6 Å². The predicted molar refractivity (Wildman–Crippen MR) is 113 cm³/mol. The topological polar surface area (TPSA) is 90.9 Å². The molecule has 9 heteroatoms. The van der Waals surface area contributed by atoms with Crippen LogP contribution >= 0.6 is 23.2 Å². The quantitative estimate of drug-likeness (QED) is 0.462. The third-order valence-electron chi connectivity index (χ3n) is 4.26. The zero-order valence-electron chi connectivity index (χ0n) is 14.8. The summed E-state index contributed by atoms with van der Waals surface area (Å²) in [5.41, 5.74) is 7.87. The molecule has 146 valence electrons. The van der Waals surface area contributed by atoms with E-state index in [0.29, 0.717) is 32.7 Å². The second-order valence-electron chi connectivity index (χ2n) is 6.21. The molecule has 0 aliphatic rings. The molecule has 0 aliphatic carbocycles. The van der Waals surface area contributed by atoms with Gasteiger partial charge in [-0.05, 0) is 54.6 Å². The van der Waals surface area contributed by atoms with Crippen molar-refractivity contribution in [3.8, 4) is 16.9 Å². The third kappa shape index (κ3) is 3.72. The number of hydrogen-bond donors (Lipinski definition) is 1. The number of nitrogens with zero attached hydrogens (tertiary/aromatic N) is 3. The van der Waals surface area contributed by atoms with Gasteiger partial charge in [-0.15, -0.1) is 5.10 Å². The van der Waals surface area contributed by atoms with Crippen LogP contribution in [0, 0.1) is 0 Å². The molecule has 0 spiro atoms. The van der Waals surface area contributed by atoms with Crippen molar-refractivity contribution in [2.75, 3.05) is 5.73 Å². The largest absolute Gasteiger partial charge is 0.399 e. The first kappa shape index (κ1) is 19.4. The van der Waals surface area contributed by atoms with Crippen LogP contribution in [0.3, 0.4) is 0 Å². The summed E-state index contributed by atoms with van der Waals surface area (Å²) in [6, 6.07) is 19.7. The minimum absolute atomic E-state index is 0.0320. The highest BCUT2D eigenvalue weighted by atomic mass is 35.5. The molecule has 0 amide bonds. The SMILES string of the molecule is Nc1ccc(-n2nnc(S(=O)(=O)c3cccc(Cl)c3)c2-c2ccc(Cl)cc2)cc1. The van der Waals surface area contributed by atoms with E-state index in [1.54, 1.807) is 60.7 Å². The summed E-state index contributed by atoms with van der Waals surface area (Å²) in [5.74, 6) is 0. The molecule has 29 heavy (non-hydrogen) atoms. The molecular weight excluding hydrogens is 431 g/mol. The molecule has 4 rings (SSSR count). The van der Waals surface area contributed by atoms with Crippen molar-refractivity contribution in [1.29, 1.82) is 0 Å². The first-order valence-electron chi connectivity index (χ1n) is 8.44. The molecule has 0 atom stereocenters. The number of halogens is 2. The lowest BCUT2D eigenvalue weighted by Gasteiger charge is -2.10. The first-order chi connectivity index (χ1) is 13.9. The van der Waals surface area contributed by atoms with Crippen LogP contribution in [0.1, 0.15) is 0 Å². The second kappa shape index (κ2) is 7.51. The molecule has 4 aromatic rings. The van der Waals surface area contributed by atoms with E-state index in [1.165, 1.54) is 16.8 Å². The molecule has 1 aromatic heterocycles. The van der Waals surface area contributed by atoms with E-state index in [9.17, 15) is 8.42 Å². The van der Waals surface area contributed by atoms with Crippen LogP contribution in [0.25, 0.3) is 16.9 Å². The van der Waals surface area contributed by atoms with Gasteiger partial charge in [-0.1, -0.05) is 46.6 Å². The van der Waals surface area contributed by atoms with Crippen LogP contribution < -0.4 is 5.73 Å². The van der Waals surface area contributed by atoms with Gasteiger partial charge in [0.2, 0.25) is 14.9 Å². The number of sulfone groups is 1. The second-order valence-corrected chi connectivity index (χ2v) is 8.95. The van der Waals surface area contributed by atoms with Gasteiger partial charge in [-0.2, -0.15) is 0 Å². The Bertz CT molecular complexity index is 1290.